The first-order valence-corrected chi connectivity index (χ1v) is 52.9. The maximum atomic E-state index is 6.36. The number of ether oxygens (including phenoxy) is 4. The van der Waals surface area contributed by atoms with Crippen LogP contribution in [-0.2, 0) is 42.4 Å². The summed E-state index contributed by atoms with van der Waals surface area (Å²) in [6.07, 6.45) is 24.6. The number of aryl methyl sites for hydroxylation is 2. The van der Waals surface area contributed by atoms with Crippen molar-refractivity contribution in [1.29, 1.82) is 0 Å². The van der Waals surface area contributed by atoms with Gasteiger partial charge in [-0.2, -0.15) is 29.4 Å². The molecule has 0 amide bonds. The largest absolute Gasteiger partial charge is 0.516 e. The molecule has 4 bridgehead atoms. The summed E-state index contributed by atoms with van der Waals surface area (Å²) in [5, 5.41) is 19.1. The Labute approximate surface area is 617 Å². The van der Waals surface area contributed by atoms with Gasteiger partial charge in [0.1, 0.15) is 49.4 Å². The molecule has 26 heteroatoms. The van der Waals surface area contributed by atoms with Gasteiger partial charge in [0, 0.05) is 155 Å². The second kappa shape index (κ2) is 32.7. The first kappa shape index (κ1) is 77.6. The minimum absolute atomic E-state index is 0.296. The van der Waals surface area contributed by atoms with E-state index in [1.165, 1.54) is 75.6 Å². The maximum Gasteiger partial charge on any atom is 0.516 e. The van der Waals surface area contributed by atoms with Crippen molar-refractivity contribution in [2.75, 3.05) is 63.2 Å². The van der Waals surface area contributed by atoms with Crippen LogP contribution < -0.4 is 15.4 Å². The molecule has 0 radical (unpaired) electrons. The molecule has 4 atom stereocenters. The molecule has 9 heterocycles. The Kier molecular flexibility index (Phi) is 24.9. The zero-order chi connectivity index (χ0) is 72.9. The molecule has 4 saturated carbocycles. The van der Waals surface area contributed by atoms with Crippen molar-refractivity contribution in [2.45, 2.75) is 218 Å². The smallest absolute Gasteiger partial charge is 0.398 e. The van der Waals surface area contributed by atoms with Crippen molar-refractivity contribution in [3.63, 3.8) is 0 Å². The van der Waals surface area contributed by atoms with E-state index in [4.69, 9.17) is 65.0 Å². The van der Waals surface area contributed by atoms with Crippen LogP contribution in [0.1, 0.15) is 115 Å². The van der Waals surface area contributed by atoms with Gasteiger partial charge in [0.2, 0.25) is 0 Å². The fourth-order valence-electron chi connectivity index (χ4n) is 14.6. The van der Waals surface area contributed by atoms with E-state index in [2.05, 4.69) is 122 Å². The van der Waals surface area contributed by atoms with Gasteiger partial charge in [0.15, 0.2) is 11.3 Å². The summed E-state index contributed by atoms with van der Waals surface area (Å²) in [6, 6.07) is 21.0. The molecule has 5 fully saturated rings. The quantitative estimate of drug-likeness (QED) is 0.0195. The normalized spacial score (nSPS) is 21.0. The van der Waals surface area contributed by atoms with Crippen molar-refractivity contribution in [2.24, 2.45) is 37.8 Å². The lowest BCUT2D eigenvalue weighted by Gasteiger charge is -2.32. The van der Waals surface area contributed by atoms with Crippen LogP contribution in [0.2, 0.25) is 108 Å². The molecule has 554 valence electrons. The lowest BCUT2D eigenvalue weighted by Crippen LogP contribution is -2.41. The Balaban J connectivity index is 0.000000171. The van der Waals surface area contributed by atoms with E-state index in [1.54, 1.807) is 9.36 Å². The number of hydrogen-bond donors (Lipinski definition) is 0. The summed E-state index contributed by atoms with van der Waals surface area (Å²) in [6.45, 7) is 41.7. The van der Waals surface area contributed by atoms with Crippen LogP contribution in [0.5, 0.6) is 0 Å². The Morgan fingerprint density at radius 3 is 1.23 bits per heavy atom. The van der Waals surface area contributed by atoms with E-state index in [-0.39, 0.29) is 18.3 Å². The molecular weight excluding hydrogens is 1360 g/mol. The van der Waals surface area contributed by atoms with E-state index in [9.17, 15) is 0 Å². The number of aromatic nitrogens is 12. The Morgan fingerprint density at radius 1 is 0.490 bits per heavy atom. The number of fused-ring (bicyclic) bond motifs is 6. The number of rotatable bonds is 28. The highest BCUT2D eigenvalue weighted by atomic mass is 35.5. The summed E-state index contributed by atoms with van der Waals surface area (Å²) in [7, 11) is -1.35. The lowest BCUT2D eigenvalue weighted by molar-refractivity contribution is 0.00578. The van der Waals surface area contributed by atoms with E-state index in [0.717, 1.165) is 136 Å². The van der Waals surface area contributed by atoms with E-state index in [1.807, 2.05) is 118 Å². The fraction of sp³-hybridized carbons (Fsp3) is 0.632. The fourth-order valence-corrected chi connectivity index (χ4v) is 17.7. The molecule has 20 nitrogen and oxygen atoms in total. The van der Waals surface area contributed by atoms with Crippen LogP contribution in [-0.4, -0.2) is 163 Å². The summed E-state index contributed by atoms with van der Waals surface area (Å²) in [5.41, 5.74) is 9.94. The molecule has 0 N–H and O–H groups in total. The minimum atomic E-state index is -1.21. The highest BCUT2D eigenvalue weighted by molar-refractivity contribution is 6.77. The second-order valence-electron chi connectivity index (χ2n) is 35.7. The third kappa shape index (κ3) is 20.8. The minimum Gasteiger partial charge on any atom is -0.398 e. The Hall–Kier alpha value is -5.46. The Bertz CT molecular complexity index is 3950. The lowest BCUT2D eigenvalue weighted by atomic mass is 9.79. The van der Waals surface area contributed by atoms with Crippen molar-refractivity contribution < 1.29 is 28.3 Å². The third-order valence-electron chi connectivity index (χ3n) is 21.5. The number of pyridine rings is 2. The summed E-state index contributed by atoms with van der Waals surface area (Å²) < 4.78 is 44.6. The average Bonchev–Trinajstić information content (AvgIpc) is 1.52. The molecule has 0 aromatic carbocycles. The summed E-state index contributed by atoms with van der Waals surface area (Å²) in [4.78, 5) is 24.2. The molecule has 8 aromatic heterocycles. The van der Waals surface area contributed by atoms with Gasteiger partial charge in [-0.1, -0.05) is 122 Å². The highest BCUT2D eigenvalue weighted by Crippen LogP contribution is 2.50. The van der Waals surface area contributed by atoms with Gasteiger partial charge in [-0.25, -0.2) is 15.0 Å². The van der Waals surface area contributed by atoms with Gasteiger partial charge < -0.3 is 38.1 Å². The first-order valence-electron chi connectivity index (χ1n) is 37.7. The van der Waals surface area contributed by atoms with Crippen molar-refractivity contribution in [1.82, 2.24) is 58.7 Å². The number of anilines is 2. The van der Waals surface area contributed by atoms with E-state index >= 15 is 0 Å². The predicted octanol–water partition coefficient (Wildman–Crippen LogP) is 16.8. The molecule has 1 aliphatic heterocycles. The molecule has 5 aliphatic rings. The van der Waals surface area contributed by atoms with Crippen LogP contribution in [0.15, 0.2) is 85.7 Å². The topological polar surface area (TPSA) is 184 Å². The van der Waals surface area contributed by atoms with Crippen LogP contribution in [0.3, 0.4) is 0 Å². The molecule has 8 aromatic rings. The van der Waals surface area contributed by atoms with Crippen molar-refractivity contribution >= 4 is 79.5 Å². The zero-order valence-corrected chi connectivity index (χ0v) is 69.5. The SMILES string of the molecule is C[Si](C)(C)CCOCN(COCC[Si](C)(C)C)c1cc(C2CC3CCC(C3)C2)nc2c(-c3ccc(Cl)nc3)cnn12.Cn1ccc(-c2ccc(-c3cnn4c(N(COCC[Si](C)(C)C)COCC[Si](C)(C)C)cc(C5CC6CCC(C6)C5)nc34)cn2)n1.Cn1ccc(B2OC(C)(C)C(C)(C)O2)n1. The summed E-state index contributed by atoms with van der Waals surface area (Å²) in [5.74, 6) is 6.21. The average molecular weight is 1480 g/mol. The van der Waals surface area contributed by atoms with Crippen LogP contribution in [0.25, 0.3) is 44.9 Å². The molecule has 102 heavy (non-hydrogen) atoms. The molecule has 13 rings (SSSR count). The monoisotopic (exact) mass is 1480 g/mol. The van der Waals surface area contributed by atoms with E-state index in [0.29, 0.717) is 43.9 Å². The molecule has 0 spiro atoms. The number of hydrogen-bond acceptors (Lipinski definition) is 16. The molecule has 4 unspecified atom stereocenters. The molecule has 1 saturated heterocycles. The van der Waals surface area contributed by atoms with Crippen LogP contribution >= 0.6 is 11.6 Å². The van der Waals surface area contributed by atoms with Gasteiger partial charge in [-0.3, -0.25) is 14.3 Å². The van der Waals surface area contributed by atoms with Gasteiger partial charge in [-0.15, -0.1) is 0 Å². The standard InChI is InChI=1S/C35H53N7O2Si2.C31H48ClN5O2Si2.C10H17BN2O2/c1-40-13-12-32(39-40)31-11-10-28(22-36-31)30-23-37-42-34(21-33(38-35(30)42)29-19-26-8-9-27(18-26)20-29)41(24-43-14-16-45(2,3)4)25-44-15-17-46(5,6)7;1-40(2,3)13-11-38-21-36(22-39-12-14-41(4,5)6)30-18-28(26-16-23-7-8-24(15-23)17-26)35-31-27(20-34-37(30)31)25-9-10-29(32)33-19-25;1-9(2)10(3,4)15-11(14-9)8-6-7-13(5)12-8/h10-13,21-23,26-27,29H,8-9,14-20,24-25H2,1-7H3;9-10,18-20,23-24,26H,7-8,11-17,21-22H2,1-6H3;6-7H,1-5H3. The third-order valence-corrected chi connectivity index (χ3v) is 28.5. The summed E-state index contributed by atoms with van der Waals surface area (Å²) >= 11 is 6.12. The van der Waals surface area contributed by atoms with Crippen LogP contribution in [0, 0.1) is 23.7 Å². The predicted molar refractivity (Wildman–Crippen MR) is 425 cm³/mol. The maximum absolute atomic E-state index is 6.36. The van der Waals surface area contributed by atoms with Crippen LogP contribution in [0.4, 0.5) is 11.6 Å². The molecular formula is C76H118BClN14O6Si4. The van der Waals surface area contributed by atoms with Crippen molar-refractivity contribution in [3.8, 4) is 33.6 Å². The second-order valence-corrected chi connectivity index (χ2v) is 58.6. The van der Waals surface area contributed by atoms with Crippen molar-refractivity contribution in [3.05, 3.63) is 102 Å². The van der Waals surface area contributed by atoms with Gasteiger partial charge in [0.05, 0.1) is 34.9 Å². The van der Waals surface area contributed by atoms with Gasteiger partial charge >= 0.3 is 7.12 Å². The van der Waals surface area contributed by atoms with Gasteiger partial charge in [-0.05, 0) is 144 Å². The zero-order valence-electron chi connectivity index (χ0n) is 64.8. The highest BCUT2D eigenvalue weighted by Gasteiger charge is 2.52. The number of halogens is 1. The first-order chi connectivity index (χ1) is 48.2. The van der Waals surface area contributed by atoms with E-state index < -0.39 is 32.3 Å². The molecule has 4 aliphatic carbocycles. The number of nitrogens with zero attached hydrogens (tertiary/aromatic N) is 14. The van der Waals surface area contributed by atoms with Gasteiger partial charge in [0.25, 0.3) is 0 Å². The Morgan fingerprint density at radius 2 is 0.882 bits per heavy atom.